The van der Waals surface area contributed by atoms with Crippen molar-refractivity contribution in [2.24, 2.45) is 0 Å². The quantitative estimate of drug-likeness (QED) is 0.796. The number of carbonyl (C=O) groups is 1. The highest BCUT2D eigenvalue weighted by atomic mass is 16.4. The smallest absolute Gasteiger partial charge is 0.305 e. The molecule has 0 amide bonds. The predicted molar refractivity (Wildman–Crippen MR) is 86.9 cm³/mol. The summed E-state index contributed by atoms with van der Waals surface area (Å²) in [5, 5.41) is 9.01. The molecule has 112 valence electrons. The summed E-state index contributed by atoms with van der Waals surface area (Å²) in [7, 11) is 0. The third-order valence-corrected chi connectivity index (χ3v) is 3.94. The SMILES string of the molecule is Cc1cc2nc(-c3ccccc3)n(CCC(=O)O)c2cc1C. The molecular weight excluding hydrogens is 276 g/mol. The highest BCUT2D eigenvalue weighted by Gasteiger charge is 2.14. The Kier molecular flexibility index (Phi) is 3.67. The van der Waals surface area contributed by atoms with Gasteiger partial charge in [0.05, 0.1) is 17.5 Å². The third-order valence-electron chi connectivity index (χ3n) is 3.94. The molecule has 1 N–H and O–H groups in total. The van der Waals surface area contributed by atoms with Gasteiger partial charge in [-0.2, -0.15) is 0 Å². The van der Waals surface area contributed by atoms with Crippen LogP contribution in [0, 0.1) is 13.8 Å². The Labute approximate surface area is 129 Å². The van der Waals surface area contributed by atoms with Crippen LogP contribution in [0.15, 0.2) is 42.5 Å². The lowest BCUT2D eigenvalue weighted by Gasteiger charge is -2.08. The molecule has 0 aliphatic carbocycles. The standard InChI is InChI=1S/C18H18N2O2/c1-12-10-15-16(11-13(12)2)20(9-8-17(21)22)18(19-15)14-6-4-3-5-7-14/h3-7,10-11H,8-9H2,1-2H3,(H,21,22). The summed E-state index contributed by atoms with van der Waals surface area (Å²) in [4.78, 5) is 15.7. The molecule has 0 saturated carbocycles. The summed E-state index contributed by atoms with van der Waals surface area (Å²) >= 11 is 0. The van der Waals surface area contributed by atoms with Gasteiger partial charge in [-0.25, -0.2) is 4.98 Å². The number of hydrogen-bond donors (Lipinski definition) is 1. The lowest BCUT2D eigenvalue weighted by Crippen LogP contribution is -2.06. The molecule has 4 heteroatoms. The van der Waals surface area contributed by atoms with Crippen molar-refractivity contribution < 1.29 is 9.90 Å². The number of aromatic nitrogens is 2. The van der Waals surface area contributed by atoms with Crippen molar-refractivity contribution >= 4 is 17.0 Å². The molecule has 1 aromatic heterocycles. The fraction of sp³-hybridized carbons (Fsp3) is 0.222. The Morgan fingerprint density at radius 1 is 1.14 bits per heavy atom. The molecule has 0 unspecified atom stereocenters. The maximum atomic E-state index is 11.0. The average molecular weight is 294 g/mol. The van der Waals surface area contributed by atoms with E-state index < -0.39 is 5.97 Å². The Bertz CT molecular complexity index is 835. The fourth-order valence-corrected chi connectivity index (χ4v) is 2.62. The molecule has 0 saturated heterocycles. The molecular formula is C18H18N2O2. The van der Waals surface area contributed by atoms with E-state index in [2.05, 4.69) is 26.0 Å². The van der Waals surface area contributed by atoms with E-state index in [1.807, 2.05) is 34.9 Å². The zero-order valence-electron chi connectivity index (χ0n) is 12.7. The van der Waals surface area contributed by atoms with Gasteiger partial charge in [-0.3, -0.25) is 4.79 Å². The minimum Gasteiger partial charge on any atom is -0.481 e. The summed E-state index contributed by atoms with van der Waals surface area (Å²) in [6, 6.07) is 14.0. The molecule has 3 aromatic rings. The summed E-state index contributed by atoms with van der Waals surface area (Å²) in [5.41, 5.74) is 5.27. The second kappa shape index (κ2) is 5.64. The van der Waals surface area contributed by atoms with Crippen LogP contribution in [-0.4, -0.2) is 20.6 Å². The maximum absolute atomic E-state index is 11.0. The lowest BCUT2D eigenvalue weighted by molar-refractivity contribution is -0.137. The molecule has 2 aromatic carbocycles. The zero-order valence-corrected chi connectivity index (χ0v) is 12.7. The number of imidazole rings is 1. The van der Waals surface area contributed by atoms with Crippen LogP contribution in [0.2, 0.25) is 0 Å². The molecule has 0 radical (unpaired) electrons. The number of nitrogens with zero attached hydrogens (tertiary/aromatic N) is 2. The molecule has 22 heavy (non-hydrogen) atoms. The number of fused-ring (bicyclic) bond motifs is 1. The van der Waals surface area contributed by atoms with Gasteiger partial charge in [-0.05, 0) is 37.1 Å². The number of hydrogen-bond acceptors (Lipinski definition) is 2. The monoisotopic (exact) mass is 294 g/mol. The van der Waals surface area contributed by atoms with E-state index in [-0.39, 0.29) is 6.42 Å². The highest BCUT2D eigenvalue weighted by Crippen LogP contribution is 2.27. The summed E-state index contributed by atoms with van der Waals surface area (Å²) in [6.45, 7) is 4.54. The predicted octanol–water partition coefficient (Wildman–Crippen LogP) is 3.79. The van der Waals surface area contributed by atoms with Crippen molar-refractivity contribution in [2.75, 3.05) is 0 Å². The average Bonchev–Trinajstić information content (AvgIpc) is 2.84. The van der Waals surface area contributed by atoms with E-state index in [1.165, 1.54) is 11.1 Å². The Morgan fingerprint density at radius 2 is 1.82 bits per heavy atom. The zero-order chi connectivity index (χ0) is 15.7. The van der Waals surface area contributed by atoms with Crippen LogP contribution in [-0.2, 0) is 11.3 Å². The van der Waals surface area contributed by atoms with Crippen molar-refractivity contribution in [3.8, 4) is 11.4 Å². The molecule has 0 bridgehead atoms. The first-order valence-electron chi connectivity index (χ1n) is 7.31. The number of carboxylic acid groups (broad SMARTS) is 1. The van der Waals surface area contributed by atoms with E-state index in [9.17, 15) is 4.79 Å². The molecule has 4 nitrogen and oxygen atoms in total. The van der Waals surface area contributed by atoms with Crippen molar-refractivity contribution in [2.45, 2.75) is 26.8 Å². The van der Waals surface area contributed by atoms with Crippen molar-refractivity contribution in [1.29, 1.82) is 0 Å². The molecule has 0 fully saturated rings. The van der Waals surface area contributed by atoms with Gasteiger partial charge in [0.2, 0.25) is 0 Å². The van der Waals surface area contributed by atoms with Crippen molar-refractivity contribution in [3.05, 3.63) is 53.6 Å². The van der Waals surface area contributed by atoms with E-state index in [1.54, 1.807) is 0 Å². The Morgan fingerprint density at radius 3 is 2.50 bits per heavy atom. The fourth-order valence-electron chi connectivity index (χ4n) is 2.62. The van der Waals surface area contributed by atoms with Crippen LogP contribution in [0.4, 0.5) is 0 Å². The minimum atomic E-state index is -0.801. The second-order valence-corrected chi connectivity index (χ2v) is 5.52. The summed E-state index contributed by atoms with van der Waals surface area (Å²) in [6.07, 6.45) is 0.0816. The number of benzene rings is 2. The summed E-state index contributed by atoms with van der Waals surface area (Å²) in [5.74, 6) is 0.0199. The van der Waals surface area contributed by atoms with Crippen molar-refractivity contribution in [1.82, 2.24) is 9.55 Å². The third kappa shape index (κ3) is 2.60. The van der Waals surface area contributed by atoms with E-state index in [0.29, 0.717) is 6.54 Å². The Hall–Kier alpha value is -2.62. The first-order valence-corrected chi connectivity index (χ1v) is 7.31. The van der Waals surface area contributed by atoms with Crippen LogP contribution >= 0.6 is 0 Å². The van der Waals surface area contributed by atoms with Crippen molar-refractivity contribution in [3.63, 3.8) is 0 Å². The Balaban J connectivity index is 2.21. The number of rotatable bonds is 4. The van der Waals surface area contributed by atoms with E-state index >= 15 is 0 Å². The molecule has 0 aliphatic heterocycles. The first-order chi connectivity index (χ1) is 10.6. The second-order valence-electron chi connectivity index (χ2n) is 5.52. The minimum absolute atomic E-state index is 0.0816. The highest BCUT2D eigenvalue weighted by molar-refractivity contribution is 5.82. The number of aliphatic carboxylic acids is 1. The van der Waals surface area contributed by atoms with Crippen LogP contribution in [0.3, 0.4) is 0 Å². The van der Waals surface area contributed by atoms with Gasteiger partial charge in [-0.1, -0.05) is 30.3 Å². The van der Waals surface area contributed by atoms with Crippen LogP contribution < -0.4 is 0 Å². The largest absolute Gasteiger partial charge is 0.481 e. The van der Waals surface area contributed by atoms with E-state index in [4.69, 9.17) is 10.1 Å². The molecule has 0 aliphatic rings. The van der Waals surface area contributed by atoms with Gasteiger partial charge >= 0.3 is 5.97 Å². The molecule has 1 heterocycles. The lowest BCUT2D eigenvalue weighted by atomic mass is 10.1. The van der Waals surface area contributed by atoms with E-state index in [0.717, 1.165) is 22.4 Å². The van der Waals surface area contributed by atoms with Gasteiger partial charge in [0, 0.05) is 12.1 Å². The molecule has 3 rings (SSSR count). The van der Waals surface area contributed by atoms with Crippen LogP contribution in [0.1, 0.15) is 17.5 Å². The van der Waals surface area contributed by atoms with Crippen LogP contribution in [0.25, 0.3) is 22.4 Å². The topological polar surface area (TPSA) is 55.1 Å². The normalized spacial score (nSPS) is 11.0. The van der Waals surface area contributed by atoms with Gasteiger partial charge in [0.15, 0.2) is 0 Å². The van der Waals surface area contributed by atoms with Gasteiger partial charge in [0.25, 0.3) is 0 Å². The van der Waals surface area contributed by atoms with Gasteiger partial charge < -0.3 is 9.67 Å². The van der Waals surface area contributed by atoms with Crippen LogP contribution in [0.5, 0.6) is 0 Å². The van der Waals surface area contributed by atoms with Gasteiger partial charge in [0.1, 0.15) is 5.82 Å². The number of aryl methyl sites for hydroxylation is 3. The summed E-state index contributed by atoms with van der Waals surface area (Å²) < 4.78 is 2.01. The van der Waals surface area contributed by atoms with Gasteiger partial charge in [-0.15, -0.1) is 0 Å². The number of carboxylic acids is 1. The first kappa shape index (κ1) is 14.3. The molecule has 0 spiro atoms. The molecule has 0 atom stereocenters. The maximum Gasteiger partial charge on any atom is 0.305 e.